The molecule has 0 radical (unpaired) electrons. The van der Waals surface area contributed by atoms with Crippen molar-refractivity contribution in [3.63, 3.8) is 0 Å². The lowest BCUT2D eigenvalue weighted by atomic mass is 9.68. The predicted molar refractivity (Wildman–Crippen MR) is 159 cm³/mol. The largest absolute Gasteiger partial charge is 0.236 e. The number of nitrogens with zero attached hydrogens (tertiary/aromatic N) is 2. The Kier molecular flexibility index (Phi) is 12.0. The Morgan fingerprint density at radius 3 is 1.84 bits per heavy atom. The Bertz CT molecular complexity index is 855. The van der Waals surface area contributed by atoms with Crippen LogP contribution < -0.4 is 0 Å². The van der Waals surface area contributed by atoms with Gasteiger partial charge in [0.2, 0.25) is 0 Å². The second-order valence-corrected chi connectivity index (χ2v) is 12.4. The third kappa shape index (κ3) is 8.93. The molecule has 0 N–H and O–H groups in total. The molecule has 0 amide bonds. The van der Waals surface area contributed by atoms with Gasteiger partial charge in [-0.25, -0.2) is 9.97 Å². The first-order valence-corrected chi connectivity index (χ1v) is 16.2. The lowest BCUT2D eigenvalue weighted by molar-refractivity contribution is 0.155. The van der Waals surface area contributed by atoms with Gasteiger partial charge in [0, 0.05) is 18.0 Å². The van der Waals surface area contributed by atoms with Gasteiger partial charge in [-0.15, -0.1) is 0 Å². The van der Waals surface area contributed by atoms with Crippen molar-refractivity contribution in [2.75, 3.05) is 0 Å². The molecular weight excluding hydrogens is 448 g/mol. The summed E-state index contributed by atoms with van der Waals surface area (Å²) in [5.74, 6) is 4.67. The van der Waals surface area contributed by atoms with Crippen molar-refractivity contribution >= 4 is 0 Å². The quantitative estimate of drug-likeness (QED) is 0.240. The molecule has 2 heteroatoms. The van der Waals surface area contributed by atoms with Crippen molar-refractivity contribution in [3.8, 4) is 11.4 Å². The molecular formula is C35H54N2. The zero-order valence-electron chi connectivity index (χ0n) is 24.1. The summed E-state index contributed by atoms with van der Waals surface area (Å²) in [4.78, 5) is 9.39. The van der Waals surface area contributed by atoms with Crippen LogP contribution in [0.2, 0.25) is 0 Å². The van der Waals surface area contributed by atoms with Crippen LogP contribution in [-0.4, -0.2) is 9.97 Å². The molecule has 0 aliphatic heterocycles. The van der Waals surface area contributed by atoms with Crippen molar-refractivity contribution in [3.05, 3.63) is 47.8 Å². The van der Waals surface area contributed by atoms with Gasteiger partial charge < -0.3 is 0 Å². The summed E-state index contributed by atoms with van der Waals surface area (Å²) in [5, 5.41) is 0. The van der Waals surface area contributed by atoms with E-state index in [9.17, 15) is 0 Å². The van der Waals surface area contributed by atoms with Gasteiger partial charge in [-0.1, -0.05) is 109 Å². The molecule has 2 aliphatic carbocycles. The number of benzene rings is 1. The second-order valence-electron chi connectivity index (χ2n) is 12.4. The average molecular weight is 503 g/mol. The second kappa shape index (κ2) is 15.6. The highest BCUT2D eigenvalue weighted by molar-refractivity contribution is 5.55. The van der Waals surface area contributed by atoms with Gasteiger partial charge in [0.15, 0.2) is 5.82 Å². The lowest BCUT2D eigenvalue weighted by Gasteiger charge is -2.38. The topological polar surface area (TPSA) is 25.8 Å². The highest BCUT2D eigenvalue weighted by Gasteiger charge is 2.31. The first-order valence-electron chi connectivity index (χ1n) is 16.2. The van der Waals surface area contributed by atoms with E-state index in [0.29, 0.717) is 0 Å². The van der Waals surface area contributed by atoms with Crippen molar-refractivity contribution in [2.24, 2.45) is 17.8 Å². The molecule has 2 aliphatic rings. The van der Waals surface area contributed by atoms with Crippen LogP contribution in [0, 0.1) is 17.8 Å². The molecule has 2 saturated carbocycles. The van der Waals surface area contributed by atoms with Gasteiger partial charge in [0.05, 0.1) is 0 Å². The summed E-state index contributed by atoms with van der Waals surface area (Å²) in [6, 6.07) is 9.22. The third-order valence-corrected chi connectivity index (χ3v) is 9.71. The van der Waals surface area contributed by atoms with E-state index in [1.165, 1.54) is 127 Å². The Morgan fingerprint density at radius 2 is 1.19 bits per heavy atom. The third-order valence-electron chi connectivity index (χ3n) is 9.71. The van der Waals surface area contributed by atoms with Gasteiger partial charge in [-0.3, -0.25) is 0 Å². The number of aryl methyl sites for hydroxylation is 1. The van der Waals surface area contributed by atoms with E-state index >= 15 is 0 Å². The summed E-state index contributed by atoms with van der Waals surface area (Å²) >= 11 is 0. The van der Waals surface area contributed by atoms with Gasteiger partial charge in [-0.2, -0.15) is 0 Å². The molecule has 0 unspecified atom stereocenters. The van der Waals surface area contributed by atoms with Crippen LogP contribution in [0.15, 0.2) is 36.7 Å². The minimum atomic E-state index is 0.747. The monoisotopic (exact) mass is 502 g/mol. The number of aromatic nitrogens is 2. The summed E-state index contributed by atoms with van der Waals surface area (Å²) in [5.41, 5.74) is 3.96. The van der Waals surface area contributed by atoms with Gasteiger partial charge in [-0.05, 0) is 86.2 Å². The minimum absolute atomic E-state index is 0.747. The summed E-state index contributed by atoms with van der Waals surface area (Å²) in [6.07, 6.45) is 30.7. The maximum atomic E-state index is 4.70. The number of unbranched alkanes of at least 4 members (excludes halogenated alkanes) is 7. The maximum absolute atomic E-state index is 4.70. The average Bonchev–Trinajstić information content (AvgIpc) is 2.96. The SMILES string of the molecule is CCCCCCCCc1cnc(-c2ccc(C3CCC(C4CCC(CCCCC)CC4)CC3)cc2)nc1. The molecule has 2 fully saturated rings. The number of hydrogen-bond donors (Lipinski definition) is 0. The fraction of sp³-hybridized carbons (Fsp3) is 0.714. The molecule has 2 nitrogen and oxygen atoms in total. The molecule has 204 valence electrons. The molecule has 1 heterocycles. The Morgan fingerprint density at radius 1 is 0.622 bits per heavy atom. The van der Waals surface area contributed by atoms with Crippen LogP contribution >= 0.6 is 0 Å². The van der Waals surface area contributed by atoms with Crippen molar-refractivity contribution in [2.45, 2.75) is 142 Å². The molecule has 0 atom stereocenters. The van der Waals surface area contributed by atoms with Crippen LogP contribution in [0.25, 0.3) is 11.4 Å². The van der Waals surface area contributed by atoms with Crippen molar-refractivity contribution < 1.29 is 0 Å². The van der Waals surface area contributed by atoms with E-state index in [-0.39, 0.29) is 0 Å². The minimum Gasteiger partial charge on any atom is -0.236 e. The maximum Gasteiger partial charge on any atom is 0.159 e. The predicted octanol–water partition coefficient (Wildman–Crippen LogP) is 10.7. The number of rotatable bonds is 14. The van der Waals surface area contributed by atoms with E-state index in [2.05, 4.69) is 38.1 Å². The van der Waals surface area contributed by atoms with Gasteiger partial charge in [0.1, 0.15) is 0 Å². The van der Waals surface area contributed by atoms with Gasteiger partial charge in [0.25, 0.3) is 0 Å². The van der Waals surface area contributed by atoms with E-state index in [1.807, 2.05) is 12.4 Å². The molecule has 1 aromatic carbocycles. The van der Waals surface area contributed by atoms with Crippen LogP contribution in [0.3, 0.4) is 0 Å². The van der Waals surface area contributed by atoms with E-state index in [4.69, 9.17) is 9.97 Å². The summed E-state index contributed by atoms with van der Waals surface area (Å²) < 4.78 is 0. The van der Waals surface area contributed by atoms with Crippen molar-refractivity contribution in [1.29, 1.82) is 0 Å². The van der Waals surface area contributed by atoms with Crippen LogP contribution in [0.5, 0.6) is 0 Å². The number of hydrogen-bond acceptors (Lipinski definition) is 2. The Labute approximate surface area is 228 Å². The fourth-order valence-corrected chi connectivity index (χ4v) is 7.20. The van der Waals surface area contributed by atoms with E-state index < -0.39 is 0 Å². The molecule has 0 bridgehead atoms. The van der Waals surface area contributed by atoms with E-state index in [0.717, 1.165) is 41.5 Å². The highest BCUT2D eigenvalue weighted by Crippen LogP contribution is 2.44. The summed E-state index contributed by atoms with van der Waals surface area (Å²) in [6.45, 7) is 4.60. The van der Waals surface area contributed by atoms with Gasteiger partial charge >= 0.3 is 0 Å². The molecule has 4 rings (SSSR count). The molecule has 2 aromatic rings. The first-order chi connectivity index (χ1) is 18.3. The molecule has 0 saturated heterocycles. The molecule has 37 heavy (non-hydrogen) atoms. The normalized spacial score (nSPS) is 24.3. The summed E-state index contributed by atoms with van der Waals surface area (Å²) in [7, 11) is 0. The van der Waals surface area contributed by atoms with Crippen LogP contribution in [0.4, 0.5) is 0 Å². The zero-order valence-corrected chi connectivity index (χ0v) is 24.1. The van der Waals surface area contributed by atoms with Crippen molar-refractivity contribution in [1.82, 2.24) is 9.97 Å². The fourth-order valence-electron chi connectivity index (χ4n) is 7.20. The molecule has 1 aromatic heterocycles. The highest BCUT2D eigenvalue weighted by atomic mass is 14.9. The molecule has 0 spiro atoms. The smallest absolute Gasteiger partial charge is 0.159 e. The van der Waals surface area contributed by atoms with E-state index in [1.54, 1.807) is 0 Å². The Balaban J connectivity index is 1.18. The van der Waals surface area contributed by atoms with Crippen LogP contribution in [-0.2, 0) is 6.42 Å². The lowest BCUT2D eigenvalue weighted by Crippen LogP contribution is -2.25. The Hall–Kier alpha value is -1.70. The zero-order chi connectivity index (χ0) is 25.7. The first kappa shape index (κ1) is 28.3. The standard InChI is InChI=1S/C35H54N2/c1-3-5-7-8-9-11-13-29-26-36-35(37-27-29)34-24-22-33(23-25-34)32-20-18-31(19-21-32)30-16-14-28(15-17-30)12-10-6-4-2/h22-28,30-32H,3-21H2,1-2H3. The van der Waals surface area contributed by atoms with Crippen LogP contribution in [0.1, 0.15) is 146 Å².